The quantitative estimate of drug-likeness (QED) is 0.685. The molecular formula is C14H27N2OPS. The van der Waals surface area contributed by atoms with Crippen molar-refractivity contribution in [1.82, 2.24) is 10.2 Å². The van der Waals surface area contributed by atoms with Crippen LogP contribution in [0.2, 0.25) is 0 Å². The van der Waals surface area contributed by atoms with Gasteiger partial charge in [-0.2, -0.15) is 0 Å². The molecule has 2 saturated carbocycles. The van der Waals surface area contributed by atoms with E-state index < -0.39 is 6.57 Å². The first-order valence-electron chi connectivity index (χ1n) is 8.04. The number of hydrogen-bond acceptors (Lipinski definition) is 1. The molecule has 0 radical (unpaired) electrons. The van der Waals surface area contributed by atoms with Crippen LogP contribution in [0.1, 0.15) is 64.2 Å². The van der Waals surface area contributed by atoms with Gasteiger partial charge in [-0.25, -0.2) is 0 Å². The summed E-state index contributed by atoms with van der Waals surface area (Å²) in [7, 11) is 0. The average Bonchev–Trinajstić information content (AvgIpc) is 2.77. The molecule has 0 spiro atoms. The minimum absolute atomic E-state index is 0.430. The van der Waals surface area contributed by atoms with E-state index in [1.807, 2.05) is 0 Å². The van der Waals surface area contributed by atoms with Crippen LogP contribution in [-0.4, -0.2) is 17.0 Å². The summed E-state index contributed by atoms with van der Waals surface area (Å²) in [5.74, 6) is 1.45. The highest BCUT2D eigenvalue weighted by molar-refractivity contribution is 8.10. The maximum Gasteiger partial charge on any atom is 0.196 e. The third-order valence-corrected chi connectivity index (χ3v) is 7.28. The van der Waals surface area contributed by atoms with Crippen molar-refractivity contribution in [3.05, 3.63) is 0 Å². The van der Waals surface area contributed by atoms with Crippen molar-refractivity contribution in [1.29, 1.82) is 0 Å². The molecule has 3 N–H and O–H groups in total. The summed E-state index contributed by atoms with van der Waals surface area (Å²) in [6, 6.07) is 0.860. The maximum atomic E-state index is 10.3. The van der Waals surface area contributed by atoms with Gasteiger partial charge in [-0.1, -0.05) is 38.5 Å². The van der Waals surface area contributed by atoms with E-state index in [1.54, 1.807) is 0 Å². The van der Waals surface area contributed by atoms with E-state index in [0.29, 0.717) is 12.1 Å². The fourth-order valence-electron chi connectivity index (χ4n) is 4.39. The van der Waals surface area contributed by atoms with E-state index in [0.717, 1.165) is 11.8 Å². The van der Waals surface area contributed by atoms with Crippen LogP contribution in [0.25, 0.3) is 0 Å². The van der Waals surface area contributed by atoms with Gasteiger partial charge in [-0.3, -0.25) is 10.2 Å². The van der Waals surface area contributed by atoms with Crippen LogP contribution in [0.3, 0.4) is 0 Å². The first-order chi connectivity index (χ1) is 9.16. The van der Waals surface area contributed by atoms with Gasteiger partial charge in [0.2, 0.25) is 0 Å². The summed E-state index contributed by atoms with van der Waals surface area (Å²) in [5.41, 5.74) is 0. The van der Waals surface area contributed by atoms with E-state index in [4.69, 9.17) is 11.8 Å². The molecule has 2 aliphatic carbocycles. The van der Waals surface area contributed by atoms with Crippen LogP contribution < -0.4 is 10.2 Å². The van der Waals surface area contributed by atoms with Crippen molar-refractivity contribution in [3.8, 4) is 0 Å². The fraction of sp³-hybridized carbons (Fsp3) is 1.00. The second-order valence-corrected chi connectivity index (χ2v) is 9.94. The average molecular weight is 302 g/mol. The van der Waals surface area contributed by atoms with Crippen LogP contribution in [-0.2, 0) is 11.8 Å². The highest BCUT2D eigenvalue weighted by Gasteiger charge is 2.44. The Morgan fingerprint density at radius 2 is 1.11 bits per heavy atom. The van der Waals surface area contributed by atoms with Crippen LogP contribution in [0, 0.1) is 11.8 Å². The smallest absolute Gasteiger partial charge is 0.196 e. The van der Waals surface area contributed by atoms with Crippen LogP contribution in [0.15, 0.2) is 0 Å². The highest BCUT2D eigenvalue weighted by atomic mass is 32.4. The normalized spacial score (nSPS) is 42.6. The molecule has 0 amide bonds. The second kappa shape index (κ2) is 6.11. The topological polar surface area (TPSA) is 44.3 Å². The lowest BCUT2D eigenvalue weighted by Gasteiger charge is -2.36. The Hall–Kier alpha value is 0.530. The maximum absolute atomic E-state index is 10.3. The molecule has 19 heavy (non-hydrogen) atoms. The molecule has 110 valence electrons. The summed E-state index contributed by atoms with van der Waals surface area (Å²) in [4.78, 5) is 10.3. The SMILES string of the molecule is OP1(=S)NC(C2CCCCC2)C(C2CCCCC2)N1. The minimum atomic E-state index is -2.46. The number of rotatable bonds is 2. The van der Waals surface area contributed by atoms with E-state index in [9.17, 15) is 4.89 Å². The fourth-order valence-corrected chi connectivity index (χ4v) is 6.74. The van der Waals surface area contributed by atoms with Crippen molar-refractivity contribution in [2.24, 2.45) is 11.8 Å². The Bertz CT molecular complexity index is 323. The Morgan fingerprint density at radius 1 is 0.737 bits per heavy atom. The van der Waals surface area contributed by atoms with Crippen molar-refractivity contribution in [2.45, 2.75) is 76.3 Å². The summed E-state index contributed by atoms with van der Waals surface area (Å²) in [6.45, 7) is -2.46. The van der Waals surface area contributed by atoms with E-state index in [1.165, 1.54) is 64.2 Å². The molecule has 1 saturated heterocycles. The molecule has 1 aliphatic heterocycles. The molecule has 2 atom stereocenters. The summed E-state index contributed by atoms with van der Waals surface area (Å²) in [6.07, 6.45) is 13.5. The van der Waals surface area contributed by atoms with E-state index >= 15 is 0 Å². The Kier molecular flexibility index (Phi) is 4.65. The van der Waals surface area contributed by atoms with Gasteiger partial charge in [0, 0.05) is 12.1 Å². The number of hydrogen-bond donors (Lipinski definition) is 3. The third kappa shape index (κ3) is 3.41. The lowest BCUT2D eigenvalue weighted by molar-refractivity contribution is 0.205. The molecule has 3 fully saturated rings. The van der Waals surface area contributed by atoms with Crippen molar-refractivity contribution in [2.75, 3.05) is 0 Å². The van der Waals surface area contributed by atoms with Crippen molar-refractivity contribution >= 4 is 18.4 Å². The van der Waals surface area contributed by atoms with E-state index in [-0.39, 0.29) is 0 Å². The number of nitrogens with one attached hydrogen (secondary N) is 2. The molecule has 3 nitrogen and oxygen atoms in total. The van der Waals surface area contributed by atoms with Crippen LogP contribution >= 0.6 is 6.57 Å². The first-order valence-corrected chi connectivity index (χ1v) is 10.8. The van der Waals surface area contributed by atoms with Crippen LogP contribution in [0.4, 0.5) is 0 Å². The highest BCUT2D eigenvalue weighted by Crippen LogP contribution is 2.46. The Morgan fingerprint density at radius 3 is 1.47 bits per heavy atom. The first kappa shape index (κ1) is 14.5. The van der Waals surface area contributed by atoms with Crippen molar-refractivity contribution in [3.63, 3.8) is 0 Å². The van der Waals surface area contributed by atoms with Crippen molar-refractivity contribution < 1.29 is 4.89 Å². The monoisotopic (exact) mass is 302 g/mol. The van der Waals surface area contributed by atoms with Crippen LogP contribution in [0.5, 0.6) is 0 Å². The Labute approximate surface area is 122 Å². The van der Waals surface area contributed by atoms with Gasteiger partial charge in [-0.15, -0.1) is 0 Å². The predicted molar refractivity (Wildman–Crippen MR) is 83.5 cm³/mol. The molecule has 5 heteroatoms. The van der Waals surface area contributed by atoms with Gasteiger partial charge in [-0.05, 0) is 49.3 Å². The zero-order valence-electron chi connectivity index (χ0n) is 11.7. The molecule has 3 aliphatic rings. The zero-order chi connectivity index (χ0) is 13.3. The molecule has 2 unspecified atom stereocenters. The summed E-state index contributed by atoms with van der Waals surface area (Å²) >= 11 is 5.35. The van der Waals surface area contributed by atoms with Gasteiger partial charge >= 0.3 is 0 Å². The van der Waals surface area contributed by atoms with Gasteiger partial charge in [0.1, 0.15) is 0 Å². The molecule has 0 aromatic carbocycles. The lowest BCUT2D eigenvalue weighted by atomic mass is 9.75. The van der Waals surface area contributed by atoms with Gasteiger partial charge in [0.15, 0.2) is 6.57 Å². The minimum Gasteiger partial charge on any atom is -0.343 e. The second-order valence-electron chi connectivity index (χ2n) is 6.68. The summed E-state index contributed by atoms with van der Waals surface area (Å²) in [5, 5.41) is 6.84. The molecule has 0 aromatic heterocycles. The van der Waals surface area contributed by atoms with Gasteiger partial charge < -0.3 is 4.89 Å². The third-order valence-electron chi connectivity index (χ3n) is 5.35. The molecule has 3 rings (SSSR count). The zero-order valence-corrected chi connectivity index (χ0v) is 13.4. The van der Waals surface area contributed by atoms with Gasteiger partial charge in [0.25, 0.3) is 0 Å². The Balaban J connectivity index is 1.72. The summed E-state index contributed by atoms with van der Waals surface area (Å²) < 4.78 is 0. The van der Waals surface area contributed by atoms with Gasteiger partial charge in [0.05, 0.1) is 0 Å². The molecule has 1 heterocycles. The molecule has 0 aromatic rings. The molecule has 0 bridgehead atoms. The molecular weight excluding hydrogens is 275 g/mol. The largest absolute Gasteiger partial charge is 0.343 e. The standard InChI is InChI=1S/C14H27N2OPS/c17-18(19)15-13(11-7-3-1-4-8-11)14(16-18)12-9-5-2-6-10-12/h11-14H,1-10H2,(H3,15,16,17,19). The predicted octanol–water partition coefficient (Wildman–Crippen LogP) is 3.29. The van der Waals surface area contributed by atoms with E-state index in [2.05, 4.69) is 10.2 Å². The lowest BCUT2D eigenvalue weighted by Crippen LogP contribution is -2.45.